The zero-order valence-electron chi connectivity index (χ0n) is 7.68. The van der Waals surface area contributed by atoms with Gasteiger partial charge < -0.3 is 5.11 Å². The Morgan fingerprint density at radius 2 is 2.00 bits per heavy atom. The van der Waals surface area contributed by atoms with Gasteiger partial charge in [-0.1, -0.05) is 12.1 Å². The molecule has 0 radical (unpaired) electrons. The molecular formula is C10H10F2O2. The summed E-state index contributed by atoms with van der Waals surface area (Å²) in [6, 6.07) is 2.85. The van der Waals surface area contributed by atoms with E-state index in [2.05, 4.69) is 0 Å². The number of halogens is 2. The Bertz CT molecular complexity index is 361. The molecule has 0 saturated heterocycles. The molecule has 0 spiro atoms. The number of carbonyl (C=O) groups is 1. The molecule has 0 heterocycles. The standard InChI is InChI=1S/C10H10F2O2/c1-6-2-3-7(4-5-8(13)14)10(12)9(6)11/h2-3H,4-5H2,1H3,(H,13,14). The van der Waals surface area contributed by atoms with Crippen LogP contribution in [0.2, 0.25) is 0 Å². The van der Waals surface area contributed by atoms with E-state index in [-0.39, 0.29) is 24.0 Å². The summed E-state index contributed by atoms with van der Waals surface area (Å²) in [5.74, 6) is -2.86. The normalized spacial score (nSPS) is 10.2. The third-order valence-corrected chi connectivity index (χ3v) is 1.96. The van der Waals surface area contributed by atoms with E-state index in [9.17, 15) is 13.6 Å². The van der Waals surface area contributed by atoms with E-state index in [1.165, 1.54) is 19.1 Å². The van der Waals surface area contributed by atoms with Crippen LogP contribution in [-0.4, -0.2) is 11.1 Å². The van der Waals surface area contributed by atoms with Gasteiger partial charge in [-0.05, 0) is 24.5 Å². The quantitative estimate of drug-likeness (QED) is 0.812. The zero-order chi connectivity index (χ0) is 10.7. The van der Waals surface area contributed by atoms with Gasteiger partial charge in [0.25, 0.3) is 0 Å². The lowest BCUT2D eigenvalue weighted by molar-refractivity contribution is -0.136. The van der Waals surface area contributed by atoms with Crippen molar-refractivity contribution in [2.45, 2.75) is 19.8 Å². The van der Waals surface area contributed by atoms with Gasteiger partial charge in [0.2, 0.25) is 0 Å². The lowest BCUT2D eigenvalue weighted by Gasteiger charge is -2.04. The minimum Gasteiger partial charge on any atom is -0.481 e. The van der Waals surface area contributed by atoms with Crippen molar-refractivity contribution in [2.75, 3.05) is 0 Å². The number of rotatable bonds is 3. The van der Waals surface area contributed by atoms with E-state index in [4.69, 9.17) is 5.11 Å². The molecule has 1 aromatic rings. The number of aryl methyl sites for hydroxylation is 2. The van der Waals surface area contributed by atoms with Crippen LogP contribution in [0.3, 0.4) is 0 Å². The Morgan fingerprint density at radius 3 is 2.57 bits per heavy atom. The smallest absolute Gasteiger partial charge is 0.303 e. The maximum absolute atomic E-state index is 13.1. The lowest BCUT2D eigenvalue weighted by atomic mass is 10.1. The third kappa shape index (κ3) is 2.28. The van der Waals surface area contributed by atoms with Crippen molar-refractivity contribution in [3.8, 4) is 0 Å². The topological polar surface area (TPSA) is 37.3 Å². The second kappa shape index (κ2) is 4.17. The number of benzene rings is 1. The fraction of sp³-hybridized carbons (Fsp3) is 0.300. The minimum atomic E-state index is -1.02. The summed E-state index contributed by atoms with van der Waals surface area (Å²) in [5.41, 5.74) is 0.331. The molecule has 0 aliphatic carbocycles. The Hall–Kier alpha value is -1.45. The summed E-state index contributed by atoms with van der Waals surface area (Å²) >= 11 is 0. The highest BCUT2D eigenvalue weighted by atomic mass is 19.2. The molecule has 0 fully saturated rings. The fourth-order valence-corrected chi connectivity index (χ4v) is 1.12. The van der Waals surface area contributed by atoms with Crippen LogP contribution < -0.4 is 0 Å². The molecule has 0 saturated carbocycles. The van der Waals surface area contributed by atoms with Gasteiger partial charge in [-0.2, -0.15) is 0 Å². The van der Waals surface area contributed by atoms with Gasteiger partial charge in [0, 0.05) is 6.42 Å². The first-order chi connectivity index (χ1) is 6.52. The number of carboxylic acids is 1. The first-order valence-corrected chi connectivity index (χ1v) is 4.17. The maximum Gasteiger partial charge on any atom is 0.303 e. The van der Waals surface area contributed by atoms with E-state index >= 15 is 0 Å². The SMILES string of the molecule is Cc1ccc(CCC(=O)O)c(F)c1F. The van der Waals surface area contributed by atoms with Crippen LogP contribution in [0.1, 0.15) is 17.5 Å². The predicted octanol–water partition coefficient (Wildman–Crippen LogP) is 2.29. The highest BCUT2D eigenvalue weighted by molar-refractivity contribution is 5.67. The highest BCUT2D eigenvalue weighted by Gasteiger charge is 2.11. The number of carboxylic acid groups (broad SMARTS) is 1. The molecular weight excluding hydrogens is 190 g/mol. The number of hydrogen-bond acceptors (Lipinski definition) is 1. The summed E-state index contributed by atoms with van der Waals surface area (Å²) in [6.07, 6.45) is -0.183. The van der Waals surface area contributed by atoms with E-state index < -0.39 is 17.6 Å². The van der Waals surface area contributed by atoms with Crippen LogP contribution in [0.25, 0.3) is 0 Å². The van der Waals surface area contributed by atoms with Gasteiger partial charge in [-0.25, -0.2) is 8.78 Å². The summed E-state index contributed by atoms with van der Waals surface area (Å²) in [7, 11) is 0. The number of aliphatic carboxylic acids is 1. The van der Waals surface area contributed by atoms with Crippen LogP contribution >= 0.6 is 0 Å². The van der Waals surface area contributed by atoms with Gasteiger partial charge in [-0.15, -0.1) is 0 Å². The maximum atomic E-state index is 13.1. The average Bonchev–Trinajstić information content (AvgIpc) is 2.13. The first-order valence-electron chi connectivity index (χ1n) is 4.17. The van der Waals surface area contributed by atoms with Crippen molar-refractivity contribution in [2.24, 2.45) is 0 Å². The van der Waals surface area contributed by atoms with Crippen molar-refractivity contribution >= 4 is 5.97 Å². The number of hydrogen-bond donors (Lipinski definition) is 1. The molecule has 0 atom stereocenters. The van der Waals surface area contributed by atoms with Crippen molar-refractivity contribution in [1.29, 1.82) is 0 Å². The van der Waals surface area contributed by atoms with Gasteiger partial charge in [0.15, 0.2) is 11.6 Å². The van der Waals surface area contributed by atoms with Crippen LogP contribution in [-0.2, 0) is 11.2 Å². The van der Waals surface area contributed by atoms with Crippen LogP contribution in [0.4, 0.5) is 8.78 Å². The molecule has 76 valence electrons. The zero-order valence-corrected chi connectivity index (χ0v) is 7.68. The van der Waals surface area contributed by atoms with Crippen molar-refractivity contribution in [1.82, 2.24) is 0 Å². The molecule has 0 bridgehead atoms. The highest BCUT2D eigenvalue weighted by Crippen LogP contribution is 2.16. The van der Waals surface area contributed by atoms with Crippen LogP contribution in [0.5, 0.6) is 0 Å². The van der Waals surface area contributed by atoms with Crippen molar-refractivity contribution in [3.05, 3.63) is 34.9 Å². The van der Waals surface area contributed by atoms with E-state index in [0.717, 1.165) is 0 Å². The largest absolute Gasteiger partial charge is 0.481 e. The van der Waals surface area contributed by atoms with Gasteiger partial charge in [-0.3, -0.25) is 4.79 Å². The molecule has 2 nitrogen and oxygen atoms in total. The van der Waals surface area contributed by atoms with Crippen LogP contribution in [0.15, 0.2) is 12.1 Å². The molecule has 0 unspecified atom stereocenters. The van der Waals surface area contributed by atoms with E-state index in [1.54, 1.807) is 0 Å². The van der Waals surface area contributed by atoms with E-state index in [0.29, 0.717) is 0 Å². The Labute approximate surface area is 80.2 Å². The van der Waals surface area contributed by atoms with Gasteiger partial charge >= 0.3 is 5.97 Å². The second-order valence-corrected chi connectivity index (χ2v) is 3.06. The molecule has 0 aromatic heterocycles. The Morgan fingerprint density at radius 1 is 1.36 bits per heavy atom. The second-order valence-electron chi connectivity index (χ2n) is 3.06. The summed E-state index contributed by atoms with van der Waals surface area (Å²) in [6.45, 7) is 1.46. The Kier molecular flexibility index (Phi) is 3.17. The Balaban J connectivity index is 2.88. The third-order valence-electron chi connectivity index (χ3n) is 1.96. The summed E-state index contributed by atoms with van der Waals surface area (Å²) in [4.78, 5) is 10.2. The summed E-state index contributed by atoms with van der Waals surface area (Å²) in [5, 5.41) is 8.37. The molecule has 1 aromatic carbocycles. The molecule has 4 heteroatoms. The first kappa shape index (κ1) is 10.6. The molecule has 1 rings (SSSR count). The molecule has 0 aliphatic rings. The molecule has 1 N–H and O–H groups in total. The van der Waals surface area contributed by atoms with Crippen LogP contribution in [0, 0.1) is 18.6 Å². The lowest BCUT2D eigenvalue weighted by Crippen LogP contribution is -2.01. The molecule has 0 amide bonds. The molecule has 14 heavy (non-hydrogen) atoms. The predicted molar refractivity (Wildman–Crippen MR) is 47.1 cm³/mol. The minimum absolute atomic E-state index is 0.0123. The monoisotopic (exact) mass is 200 g/mol. The van der Waals surface area contributed by atoms with Gasteiger partial charge in [0.1, 0.15) is 0 Å². The fourth-order valence-electron chi connectivity index (χ4n) is 1.12. The molecule has 0 aliphatic heterocycles. The van der Waals surface area contributed by atoms with Crippen molar-refractivity contribution in [3.63, 3.8) is 0 Å². The van der Waals surface area contributed by atoms with Crippen molar-refractivity contribution < 1.29 is 18.7 Å². The summed E-state index contributed by atoms with van der Waals surface area (Å²) < 4.78 is 26.1. The van der Waals surface area contributed by atoms with E-state index in [1.807, 2.05) is 0 Å². The van der Waals surface area contributed by atoms with Gasteiger partial charge in [0.05, 0.1) is 0 Å². The average molecular weight is 200 g/mol.